The lowest BCUT2D eigenvalue weighted by Crippen LogP contribution is -1.99. The van der Waals surface area contributed by atoms with Crippen molar-refractivity contribution >= 4 is 5.97 Å². The molecule has 0 bridgehead atoms. The Morgan fingerprint density at radius 1 is 1.10 bits per heavy atom. The molecule has 2 aromatic rings. The number of aromatic carboxylic acids is 1. The number of rotatable bonds is 4. The monoisotopic (exact) mass is 270 g/mol. The maximum Gasteiger partial charge on any atom is 0.335 e. The highest BCUT2D eigenvalue weighted by molar-refractivity contribution is 5.89. The zero-order chi connectivity index (χ0) is 14.7. The first-order valence-electron chi connectivity index (χ1n) is 6.59. The molecule has 0 aliphatic heterocycles. The smallest absolute Gasteiger partial charge is 0.335 e. The molecule has 0 aliphatic carbocycles. The minimum Gasteiger partial charge on any atom is -0.478 e. The van der Waals surface area contributed by atoms with Gasteiger partial charge in [0, 0.05) is 0 Å². The molecule has 2 rings (SSSR count). The van der Waals surface area contributed by atoms with Crippen LogP contribution in [0.3, 0.4) is 0 Å². The van der Waals surface area contributed by atoms with Gasteiger partial charge in [-0.25, -0.2) is 4.79 Å². The first-order chi connectivity index (χ1) is 9.47. The first-order valence-corrected chi connectivity index (χ1v) is 6.59. The topological polar surface area (TPSA) is 46.5 Å². The molecule has 0 spiro atoms. The van der Waals surface area contributed by atoms with Crippen molar-refractivity contribution in [3.05, 3.63) is 59.2 Å². The molecular weight excluding hydrogens is 252 g/mol. The van der Waals surface area contributed by atoms with Gasteiger partial charge in [-0.3, -0.25) is 0 Å². The van der Waals surface area contributed by atoms with Gasteiger partial charge in [-0.2, -0.15) is 0 Å². The zero-order valence-electron chi connectivity index (χ0n) is 11.9. The number of ether oxygens (including phenoxy) is 1. The molecule has 0 radical (unpaired) electrons. The summed E-state index contributed by atoms with van der Waals surface area (Å²) in [7, 11) is 0. The quantitative estimate of drug-likeness (QED) is 0.882. The van der Waals surface area contributed by atoms with Crippen LogP contribution in [0.2, 0.25) is 0 Å². The predicted molar refractivity (Wildman–Crippen MR) is 78.7 cm³/mol. The Hall–Kier alpha value is -2.29. The average Bonchev–Trinajstić information content (AvgIpc) is 2.38. The minimum atomic E-state index is -0.921. The number of hydrogen-bond acceptors (Lipinski definition) is 2. The van der Waals surface area contributed by atoms with Crippen LogP contribution in [0, 0.1) is 6.92 Å². The third-order valence-electron chi connectivity index (χ3n) is 3.19. The number of carboxylic acid groups (broad SMARTS) is 1. The van der Waals surface area contributed by atoms with Gasteiger partial charge < -0.3 is 9.84 Å². The van der Waals surface area contributed by atoms with E-state index in [4.69, 9.17) is 9.84 Å². The highest BCUT2D eigenvalue weighted by Gasteiger charge is 2.08. The number of aryl methyl sites for hydroxylation is 1. The van der Waals surface area contributed by atoms with Gasteiger partial charge in [0.05, 0.1) is 5.56 Å². The maximum atomic E-state index is 11.0. The van der Waals surface area contributed by atoms with E-state index < -0.39 is 5.97 Å². The van der Waals surface area contributed by atoms with Gasteiger partial charge in [0.25, 0.3) is 0 Å². The van der Waals surface area contributed by atoms with Crippen molar-refractivity contribution in [2.75, 3.05) is 0 Å². The van der Waals surface area contributed by atoms with Gasteiger partial charge in [-0.15, -0.1) is 0 Å². The maximum absolute atomic E-state index is 11.0. The van der Waals surface area contributed by atoms with E-state index in [0.29, 0.717) is 22.8 Å². The van der Waals surface area contributed by atoms with Crippen molar-refractivity contribution in [2.45, 2.75) is 26.7 Å². The van der Waals surface area contributed by atoms with Crippen molar-refractivity contribution in [3.63, 3.8) is 0 Å². The van der Waals surface area contributed by atoms with Crippen LogP contribution in [0.15, 0.2) is 42.5 Å². The molecular formula is C17H18O3. The summed E-state index contributed by atoms with van der Waals surface area (Å²) >= 11 is 0. The van der Waals surface area contributed by atoms with Crippen LogP contribution < -0.4 is 4.74 Å². The fraction of sp³-hybridized carbons (Fsp3) is 0.235. The Balaban J connectivity index is 2.24. The summed E-state index contributed by atoms with van der Waals surface area (Å²) in [6.45, 7) is 6.02. The van der Waals surface area contributed by atoms with Crippen LogP contribution in [0.25, 0.3) is 0 Å². The van der Waals surface area contributed by atoms with Crippen molar-refractivity contribution < 1.29 is 14.6 Å². The lowest BCUT2D eigenvalue weighted by molar-refractivity contribution is 0.0696. The zero-order valence-corrected chi connectivity index (χ0v) is 11.9. The summed E-state index contributed by atoms with van der Waals surface area (Å²) in [4.78, 5) is 11.0. The van der Waals surface area contributed by atoms with Gasteiger partial charge in [-0.05, 0) is 54.3 Å². The van der Waals surface area contributed by atoms with E-state index in [1.165, 1.54) is 5.56 Å². The van der Waals surface area contributed by atoms with Crippen LogP contribution in [-0.2, 0) is 0 Å². The standard InChI is InChI=1S/C17H18O3/c1-11(2)13-5-4-6-14(10-13)20-15-7-8-16(17(18)19)12(3)9-15/h4-11H,1-3H3,(H,18,19). The van der Waals surface area contributed by atoms with Crippen molar-refractivity contribution in [3.8, 4) is 11.5 Å². The number of hydrogen-bond donors (Lipinski definition) is 1. The summed E-state index contributed by atoms with van der Waals surface area (Å²) in [5.74, 6) is 0.928. The molecule has 104 valence electrons. The van der Waals surface area contributed by atoms with Crippen LogP contribution in [0.1, 0.15) is 41.3 Å². The van der Waals surface area contributed by atoms with Crippen molar-refractivity contribution in [1.82, 2.24) is 0 Å². The first kappa shape index (κ1) is 14.1. The number of carbonyl (C=O) groups is 1. The molecule has 20 heavy (non-hydrogen) atoms. The molecule has 0 fully saturated rings. The molecule has 1 N–H and O–H groups in total. The molecule has 0 unspecified atom stereocenters. The molecule has 0 atom stereocenters. The lowest BCUT2D eigenvalue weighted by atomic mass is 10.0. The fourth-order valence-corrected chi connectivity index (χ4v) is 2.01. The number of carboxylic acids is 1. The molecule has 2 aromatic carbocycles. The summed E-state index contributed by atoms with van der Waals surface area (Å²) in [6.07, 6.45) is 0. The molecule has 0 saturated heterocycles. The molecule has 3 nitrogen and oxygen atoms in total. The second-order valence-electron chi connectivity index (χ2n) is 5.11. The average molecular weight is 270 g/mol. The molecule has 0 aromatic heterocycles. The second kappa shape index (κ2) is 5.78. The summed E-state index contributed by atoms with van der Waals surface area (Å²) in [6, 6.07) is 12.9. The summed E-state index contributed by atoms with van der Waals surface area (Å²) in [5.41, 5.74) is 2.20. The van der Waals surface area contributed by atoms with Crippen molar-refractivity contribution in [2.24, 2.45) is 0 Å². The van der Waals surface area contributed by atoms with Gasteiger partial charge in [0.15, 0.2) is 0 Å². The highest BCUT2D eigenvalue weighted by atomic mass is 16.5. The Labute approximate surface area is 118 Å². The van der Waals surface area contributed by atoms with E-state index in [1.54, 1.807) is 25.1 Å². The van der Waals surface area contributed by atoms with E-state index in [1.807, 2.05) is 18.2 Å². The molecule has 0 saturated carbocycles. The van der Waals surface area contributed by atoms with Gasteiger partial charge in [0.2, 0.25) is 0 Å². The predicted octanol–water partition coefficient (Wildman–Crippen LogP) is 4.61. The van der Waals surface area contributed by atoms with Crippen LogP contribution >= 0.6 is 0 Å². The SMILES string of the molecule is Cc1cc(Oc2cccc(C(C)C)c2)ccc1C(=O)O. The normalized spacial score (nSPS) is 10.6. The molecule has 0 heterocycles. The fourth-order valence-electron chi connectivity index (χ4n) is 2.01. The third kappa shape index (κ3) is 3.18. The Kier molecular flexibility index (Phi) is 4.08. The largest absolute Gasteiger partial charge is 0.478 e. The molecule has 3 heteroatoms. The summed E-state index contributed by atoms with van der Waals surface area (Å²) < 4.78 is 5.79. The van der Waals surface area contributed by atoms with Gasteiger partial charge in [-0.1, -0.05) is 26.0 Å². The van der Waals surface area contributed by atoms with E-state index >= 15 is 0 Å². The van der Waals surface area contributed by atoms with Gasteiger partial charge in [0.1, 0.15) is 11.5 Å². The van der Waals surface area contributed by atoms with E-state index in [-0.39, 0.29) is 0 Å². The summed E-state index contributed by atoms with van der Waals surface area (Å²) in [5, 5.41) is 9.00. The molecule has 0 aliphatic rings. The van der Waals surface area contributed by atoms with E-state index in [0.717, 1.165) is 5.75 Å². The second-order valence-corrected chi connectivity index (χ2v) is 5.11. The Morgan fingerprint density at radius 2 is 1.80 bits per heavy atom. The van der Waals surface area contributed by atoms with Crippen LogP contribution in [0.5, 0.6) is 11.5 Å². The van der Waals surface area contributed by atoms with Gasteiger partial charge >= 0.3 is 5.97 Å². The Morgan fingerprint density at radius 3 is 2.40 bits per heavy atom. The van der Waals surface area contributed by atoms with Crippen molar-refractivity contribution in [1.29, 1.82) is 0 Å². The number of benzene rings is 2. The van der Waals surface area contributed by atoms with E-state index in [9.17, 15) is 4.79 Å². The third-order valence-corrected chi connectivity index (χ3v) is 3.19. The Bertz CT molecular complexity index is 630. The minimum absolute atomic E-state index is 0.299. The highest BCUT2D eigenvalue weighted by Crippen LogP contribution is 2.26. The van der Waals surface area contributed by atoms with E-state index in [2.05, 4.69) is 19.9 Å². The van der Waals surface area contributed by atoms with Crippen LogP contribution in [0.4, 0.5) is 0 Å². The lowest BCUT2D eigenvalue weighted by Gasteiger charge is -2.11. The molecule has 0 amide bonds. The van der Waals surface area contributed by atoms with Crippen LogP contribution in [-0.4, -0.2) is 11.1 Å².